The number of rotatable bonds is 5. The van der Waals surface area contributed by atoms with Gasteiger partial charge in [-0.25, -0.2) is 0 Å². The molecule has 1 amide bonds. The molecule has 104 valence electrons. The Kier molecular flexibility index (Phi) is 5.14. The number of carbonyl (C=O) groups excluding carboxylic acids is 1. The number of amides is 1. The molecule has 1 fully saturated rings. The van der Waals surface area contributed by atoms with E-state index in [0.717, 1.165) is 32.4 Å². The first-order valence-corrected chi connectivity index (χ1v) is 7.36. The molecule has 1 aliphatic heterocycles. The lowest BCUT2D eigenvalue weighted by molar-refractivity contribution is -0.133. The molecule has 1 atom stereocenters. The third kappa shape index (κ3) is 3.02. The van der Waals surface area contributed by atoms with E-state index < -0.39 is 0 Å². The van der Waals surface area contributed by atoms with Gasteiger partial charge in [-0.3, -0.25) is 4.79 Å². The summed E-state index contributed by atoms with van der Waals surface area (Å²) in [7, 11) is 0. The first-order chi connectivity index (χ1) is 8.37. The zero-order valence-electron chi connectivity index (χ0n) is 12.0. The highest BCUT2D eigenvalue weighted by Crippen LogP contribution is 2.37. The molecule has 1 heterocycles. The fourth-order valence-corrected chi connectivity index (χ4v) is 3.26. The minimum Gasteiger partial charge on any atom is -0.393 e. The molecule has 3 nitrogen and oxygen atoms in total. The summed E-state index contributed by atoms with van der Waals surface area (Å²) in [4.78, 5) is 14.8. The van der Waals surface area contributed by atoms with Crippen LogP contribution in [0.25, 0.3) is 0 Å². The highest BCUT2D eigenvalue weighted by Gasteiger charge is 2.40. The second-order valence-electron chi connectivity index (χ2n) is 5.84. The summed E-state index contributed by atoms with van der Waals surface area (Å²) in [5, 5.41) is 0. The van der Waals surface area contributed by atoms with Crippen molar-refractivity contribution in [3.05, 3.63) is 0 Å². The topological polar surface area (TPSA) is 46.3 Å². The average Bonchev–Trinajstić information content (AvgIpc) is 2.73. The van der Waals surface area contributed by atoms with Gasteiger partial charge in [0.1, 0.15) is 0 Å². The van der Waals surface area contributed by atoms with Crippen LogP contribution in [0.2, 0.25) is 0 Å². The highest BCUT2D eigenvalue weighted by molar-refractivity contribution is 7.80. The van der Waals surface area contributed by atoms with Crippen molar-refractivity contribution in [1.29, 1.82) is 0 Å². The predicted octanol–water partition coefficient (Wildman–Crippen LogP) is 2.58. The molecule has 0 spiro atoms. The third-order valence-corrected chi connectivity index (χ3v) is 4.74. The lowest BCUT2D eigenvalue weighted by atomic mass is 9.82. The van der Waals surface area contributed by atoms with Gasteiger partial charge in [0.25, 0.3) is 0 Å². The van der Waals surface area contributed by atoms with E-state index in [1.54, 1.807) is 0 Å². The Balaban J connectivity index is 2.78. The first kappa shape index (κ1) is 15.4. The Bertz CT molecular complexity index is 324. The first-order valence-electron chi connectivity index (χ1n) is 6.95. The maximum Gasteiger partial charge on any atom is 0.232 e. The molecule has 0 aromatic heterocycles. The van der Waals surface area contributed by atoms with E-state index in [4.69, 9.17) is 18.0 Å². The molecule has 1 rings (SSSR count). The zero-order chi connectivity index (χ0) is 13.9. The van der Waals surface area contributed by atoms with Crippen LogP contribution < -0.4 is 5.73 Å². The van der Waals surface area contributed by atoms with Crippen LogP contribution >= 0.6 is 12.2 Å². The number of likely N-dealkylation sites (tertiary alicyclic amines) is 1. The van der Waals surface area contributed by atoms with Gasteiger partial charge in [-0.2, -0.15) is 0 Å². The number of hydrogen-bond acceptors (Lipinski definition) is 2. The molecule has 18 heavy (non-hydrogen) atoms. The summed E-state index contributed by atoms with van der Waals surface area (Å²) in [6, 6.07) is 0. The van der Waals surface area contributed by atoms with Gasteiger partial charge >= 0.3 is 0 Å². The van der Waals surface area contributed by atoms with Crippen LogP contribution in [0.1, 0.15) is 47.0 Å². The standard InChI is InChI=1S/C14H26N2OS/c1-5-14(6-2)7-8-16(9-14)13(17)11(10(3)4)12(15)18/h10-11H,5-9H2,1-4H3,(H2,15,18). The molecule has 0 aliphatic carbocycles. The molecule has 0 saturated carbocycles. The number of nitrogens with zero attached hydrogens (tertiary/aromatic N) is 1. The maximum absolute atomic E-state index is 12.5. The molecule has 1 saturated heterocycles. The minimum absolute atomic E-state index is 0.126. The minimum atomic E-state index is -0.301. The van der Waals surface area contributed by atoms with Crippen molar-refractivity contribution in [1.82, 2.24) is 4.90 Å². The van der Waals surface area contributed by atoms with Gasteiger partial charge in [0.2, 0.25) is 5.91 Å². The molecular weight excluding hydrogens is 244 g/mol. The fourth-order valence-electron chi connectivity index (χ4n) is 2.88. The average molecular weight is 270 g/mol. The molecule has 1 aliphatic rings. The van der Waals surface area contributed by atoms with E-state index in [0.29, 0.717) is 10.4 Å². The van der Waals surface area contributed by atoms with Crippen molar-refractivity contribution in [3.63, 3.8) is 0 Å². The summed E-state index contributed by atoms with van der Waals surface area (Å²) in [6.07, 6.45) is 3.37. The Morgan fingerprint density at radius 1 is 1.39 bits per heavy atom. The normalized spacial score (nSPS) is 20.2. The van der Waals surface area contributed by atoms with Gasteiger partial charge in [-0.05, 0) is 30.6 Å². The summed E-state index contributed by atoms with van der Waals surface area (Å²) in [5.41, 5.74) is 6.04. The van der Waals surface area contributed by atoms with E-state index >= 15 is 0 Å². The largest absolute Gasteiger partial charge is 0.393 e. The van der Waals surface area contributed by atoms with Crippen molar-refractivity contribution in [2.45, 2.75) is 47.0 Å². The molecular formula is C14H26N2OS. The molecule has 2 N–H and O–H groups in total. The lowest BCUT2D eigenvalue weighted by Gasteiger charge is -2.29. The highest BCUT2D eigenvalue weighted by atomic mass is 32.1. The molecule has 0 bridgehead atoms. The van der Waals surface area contributed by atoms with E-state index in [-0.39, 0.29) is 17.7 Å². The Morgan fingerprint density at radius 2 is 1.94 bits per heavy atom. The third-order valence-electron chi connectivity index (χ3n) is 4.49. The molecule has 4 heteroatoms. The smallest absolute Gasteiger partial charge is 0.232 e. The number of thiocarbonyl (C=S) groups is 1. The molecule has 0 aromatic carbocycles. The van der Waals surface area contributed by atoms with E-state index in [1.807, 2.05) is 18.7 Å². The Hall–Kier alpha value is -0.640. The Labute approximate surface area is 116 Å². The fraction of sp³-hybridized carbons (Fsp3) is 0.857. The van der Waals surface area contributed by atoms with Crippen molar-refractivity contribution in [2.75, 3.05) is 13.1 Å². The number of carbonyl (C=O) groups is 1. The van der Waals surface area contributed by atoms with Crippen LogP contribution in [0.15, 0.2) is 0 Å². The van der Waals surface area contributed by atoms with Crippen molar-refractivity contribution in [2.24, 2.45) is 23.0 Å². The summed E-state index contributed by atoms with van der Waals surface area (Å²) in [5.74, 6) is -0.000889. The number of nitrogens with two attached hydrogens (primary N) is 1. The van der Waals surface area contributed by atoms with Gasteiger partial charge in [0, 0.05) is 13.1 Å². The van der Waals surface area contributed by atoms with Gasteiger partial charge in [-0.1, -0.05) is 39.9 Å². The van der Waals surface area contributed by atoms with Crippen LogP contribution in [0.3, 0.4) is 0 Å². The van der Waals surface area contributed by atoms with Gasteiger partial charge in [0.05, 0.1) is 10.9 Å². The van der Waals surface area contributed by atoms with Gasteiger partial charge in [-0.15, -0.1) is 0 Å². The van der Waals surface area contributed by atoms with Crippen LogP contribution in [0, 0.1) is 17.3 Å². The van der Waals surface area contributed by atoms with Crippen LogP contribution in [0.4, 0.5) is 0 Å². The predicted molar refractivity (Wildman–Crippen MR) is 79.3 cm³/mol. The van der Waals surface area contributed by atoms with Crippen molar-refractivity contribution >= 4 is 23.1 Å². The molecule has 0 radical (unpaired) electrons. The summed E-state index contributed by atoms with van der Waals surface area (Å²) < 4.78 is 0. The molecule has 1 unspecified atom stereocenters. The monoisotopic (exact) mass is 270 g/mol. The second kappa shape index (κ2) is 6.00. The summed E-state index contributed by atoms with van der Waals surface area (Å²) in [6.45, 7) is 10.2. The second-order valence-corrected chi connectivity index (χ2v) is 6.31. The van der Waals surface area contributed by atoms with Crippen molar-refractivity contribution < 1.29 is 4.79 Å². The molecule has 0 aromatic rings. The van der Waals surface area contributed by atoms with Crippen LogP contribution in [0.5, 0.6) is 0 Å². The quantitative estimate of drug-likeness (QED) is 0.781. The summed E-state index contributed by atoms with van der Waals surface area (Å²) >= 11 is 5.05. The maximum atomic E-state index is 12.5. The van der Waals surface area contributed by atoms with E-state index in [1.165, 1.54) is 0 Å². The van der Waals surface area contributed by atoms with Crippen LogP contribution in [-0.2, 0) is 4.79 Å². The lowest BCUT2D eigenvalue weighted by Crippen LogP contribution is -2.43. The van der Waals surface area contributed by atoms with E-state index in [9.17, 15) is 4.79 Å². The number of hydrogen-bond donors (Lipinski definition) is 1. The SMILES string of the molecule is CCC1(CC)CCN(C(=O)C(C(N)=S)C(C)C)C1. The van der Waals surface area contributed by atoms with Gasteiger partial charge < -0.3 is 10.6 Å². The van der Waals surface area contributed by atoms with Gasteiger partial charge in [0.15, 0.2) is 0 Å². The Morgan fingerprint density at radius 3 is 2.28 bits per heavy atom. The van der Waals surface area contributed by atoms with Crippen molar-refractivity contribution in [3.8, 4) is 0 Å². The van der Waals surface area contributed by atoms with E-state index in [2.05, 4.69) is 13.8 Å². The zero-order valence-corrected chi connectivity index (χ0v) is 12.8. The van der Waals surface area contributed by atoms with Crippen LogP contribution in [-0.4, -0.2) is 28.9 Å².